The van der Waals surface area contributed by atoms with Crippen molar-refractivity contribution in [1.82, 2.24) is 0 Å². The number of hydrogen-bond donors (Lipinski definition) is 0. The van der Waals surface area contributed by atoms with Gasteiger partial charge in [0.15, 0.2) is 0 Å². The van der Waals surface area contributed by atoms with Crippen LogP contribution in [0.25, 0.3) is 0 Å². The van der Waals surface area contributed by atoms with Crippen LogP contribution in [0.4, 0.5) is 0 Å². The minimum Gasteiger partial charge on any atom is -0.496 e. The third-order valence-electron chi connectivity index (χ3n) is 2.19. The highest BCUT2D eigenvalue weighted by Crippen LogP contribution is 2.28. The summed E-state index contributed by atoms with van der Waals surface area (Å²) in [5, 5.41) is 0. The predicted molar refractivity (Wildman–Crippen MR) is 56.2 cm³/mol. The van der Waals surface area contributed by atoms with Crippen molar-refractivity contribution in [2.75, 3.05) is 7.11 Å². The van der Waals surface area contributed by atoms with E-state index in [0.717, 1.165) is 12.2 Å². The molecule has 0 spiro atoms. The van der Waals surface area contributed by atoms with Crippen LogP contribution in [0.1, 0.15) is 24.8 Å². The third-order valence-corrected chi connectivity index (χ3v) is 2.19. The van der Waals surface area contributed by atoms with Gasteiger partial charge in [-0.05, 0) is 24.0 Å². The highest BCUT2D eigenvalue weighted by Gasteiger charge is 2.08. The zero-order valence-corrected chi connectivity index (χ0v) is 8.29. The molecule has 1 unspecified atom stereocenters. The Balaban J connectivity index is 2.91. The van der Waals surface area contributed by atoms with E-state index in [4.69, 9.17) is 4.74 Å². The summed E-state index contributed by atoms with van der Waals surface area (Å²) in [4.78, 5) is 0. The van der Waals surface area contributed by atoms with E-state index in [1.807, 2.05) is 24.3 Å². The number of methoxy groups -OCH3 is 1. The summed E-state index contributed by atoms with van der Waals surface area (Å²) in [6, 6.07) is 8.13. The number of para-hydroxylation sites is 1. The Morgan fingerprint density at radius 3 is 2.77 bits per heavy atom. The topological polar surface area (TPSA) is 9.23 Å². The summed E-state index contributed by atoms with van der Waals surface area (Å²) in [5.74, 6) is 1.45. The summed E-state index contributed by atoms with van der Waals surface area (Å²) >= 11 is 0. The second kappa shape index (κ2) is 4.70. The summed E-state index contributed by atoms with van der Waals surface area (Å²) in [5.41, 5.74) is 1.25. The van der Waals surface area contributed by atoms with Gasteiger partial charge in [0.05, 0.1) is 7.11 Å². The van der Waals surface area contributed by atoms with Gasteiger partial charge in [-0.1, -0.05) is 31.2 Å². The van der Waals surface area contributed by atoms with Crippen molar-refractivity contribution in [3.05, 3.63) is 42.5 Å². The molecule has 0 aromatic heterocycles. The Bertz CT molecular complexity index is 278. The molecular weight excluding hydrogens is 160 g/mol. The van der Waals surface area contributed by atoms with Crippen LogP contribution in [0.2, 0.25) is 0 Å². The van der Waals surface area contributed by atoms with Gasteiger partial charge in [-0.2, -0.15) is 0 Å². The van der Waals surface area contributed by atoms with Crippen LogP contribution in [0.5, 0.6) is 5.75 Å². The molecule has 0 heterocycles. The van der Waals surface area contributed by atoms with Crippen molar-refractivity contribution in [3.8, 4) is 5.75 Å². The van der Waals surface area contributed by atoms with Crippen molar-refractivity contribution in [2.24, 2.45) is 0 Å². The smallest absolute Gasteiger partial charge is 0.122 e. The van der Waals surface area contributed by atoms with Gasteiger partial charge in [0.25, 0.3) is 0 Å². The average Bonchev–Trinajstić information content (AvgIpc) is 2.18. The minimum atomic E-state index is 0.480. The van der Waals surface area contributed by atoms with Gasteiger partial charge in [-0.3, -0.25) is 0 Å². The van der Waals surface area contributed by atoms with E-state index in [1.165, 1.54) is 5.56 Å². The standard InChI is InChI=1S/C12H16O/c1-4-7-10(2)11-8-5-6-9-12(11)13-3/h4-6,8-10H,1,7H2,2-3H3. The first kappa shape index (κ1) is 9.85. The van der Waals surface area contributed by atoms with Crippen molar-refractivity contribution >= 4 is 0 Å². The van der Waals surface area contributed by atoms with Crippen LogP contribution in [-0.2, 0) is 0 Å². The van der Waals surface area contributed by atoms with Crippen LogP contribution in [0.3, 0.4) is 0 Å². The molecule has 0 radical (unpaired) electrons. The maximum atomic E-state index is 5.28. The van der Waals surface area contributed by atoms with Gasteiger partial charge in [0.1, 0.15) is 5.75 Å². The van der Waals surface area contributed by atoms with Crippen LogP contribution in [-0.4, -0.2) is 7.11 Å². The highest BCUT2D eigenvalue weighted by molar-refractivity contribution is 5.36. The highest BCUT2D eigenvalue weighted by atomic mass is 16.5. The van der Waals surface area contributed by atoms with E-state index in [9.17, 15) is 0 Å². The molecule has 0 N–H and O–H groups in total. The van der Waals surface area contributed by atoms with Gasteiger partial charge in [-0.15, -0.1) is 6.58 Å². The van der Waals surface area contributed by atoms with Gasteiger partial charge in [-0.25, -0.2) is 0 Å². The monoisotopic (exact) mass is 176 g/mol. The SMILES string of the molecule is C=CCC(C)c1ccccc1OC. The lowest BCUT2D eigenvalue weighted by molar-refractivity contribution is 0.406. The van der Waals surface area contributed by atoms with Crippen LogP contribution >= 0.6 is 0 Å². The zero-order valence-electron chi connectivity index (χ0n) is 8.29. The Labute approximate surface area is 80.0 Å². The zero-order chi connectivity index (χ0) is 9.68. The predicted octanol–water partition coefficient (Wildman–Crippen LogP) is 3.37. The first-order valence-corrected chi connectivity index (χ1v) is 4.53. The minimum absolute atomic E-state index is 0.480. The molecule has 1 heteroatoms. The Morgan fingerprint density at radius 2 is 2.15 bits per heavy atom. The fraction of sp³-hybridized carbons (Fsp3) is 0.333. The van der Waals surface area contributed by atoms with Crippen molar-refractivity contribution < 1.29 is 4.74 Å². The molecule has 1 nitrogen and oxygen atoms in total. The lowest BCUT2D eigenvalue weighted by atomic mass is 9.97. The molecular formula is C12H16O. The Kier molecular flexibility index (Phi) is 3.56. The van der Waals surface area contributed by atoms with Crippen molar-refractivity contribution in [3.63, 3.8) is 0 Å². The molecule has 1 rings (SSSR count). The van der Waals surface area contributed by atoms with Gasteiger partial charge >= 0.3 is 0 Å². The maximum absolute atomic E-state index is 5.28. The molecule has 0 aliphatic carbocycles. The normalized spacial score (nSPS) is 12.2. The number of benzene rings is 1. The molecule has 1 atom stereocenters. The molecule has 0 fully saturated rings. The molecule has 0 saturated carbocycles. The van der Waals surface area contributed by atoms with E-state index in [2.05, 4.69) is 19.6 Å². The molecule has 0 aliphatic rings. The molecule has 1 aromatic rings. The van der Waals surface area contributed by atoms with E-state index in [0.29, 0.717) is 5.92 Å². The summed E-state index contributed by atoms with van der Waals surface area (Å²) in [7, 11) is 1.71. The largest absolute Gasteiger partial charge is 0.496 e. The van der Waals surface area contributed by atoms with Crippen LogP contribution in [0, 0.1) is 0 Å². The summed E-state index contributed by atoms with van der Waals surface area (Å²) in [6.45, 7) is 5.92. The molecule has 0 aliphatic heterocycles. The Hall–Kier alpha value is -1.24. The molecule has 0 bridgehead atoms. The summed E-state index contributed by atoms with van der Waals surface area (Å²) < 4.78 is 5.28. The molecule has 13 heavy (non-hydrogen) atoms. The average molecular weight is 176 g/mol. The second-order valence-corrected chi connectivity index (χ2v) is 3.17. The fourth-order valence-electron chi connectivity index (χ4n) is 1.45. The number of hydrogen-bond acceptors (Lipinski definition) is 1. The number of rotatable bonds is 4. The van der Waals surface area contributed by atoms with Crippen LogP contribution < -0.4 is 4.74 Å². The van der Waals surface area contributed by atoms with E-state index >= 15 is 0 Å². The lowest BCUT2D eigenvalue weighted by Gasteiger charge is -2.13. The quantitative estimate of drug-likeness (QED) is 0.639. The molecule has 1 aromatic carbocycles. The summed E-state index contributed by atoms with van der Waals surface area (Å²) in [6.07, 6.45) is 2.93. The van der Waals surface area contributed by atoms with E-state index in [1.54, 1.807) is 7.11 Å². The van der Waals surface area contributed by atoms with E-state index < -0.39 is 0 Å². The first-order valence-electron chi connectivity index (χ1n) is 4.53. The molecule has 0 amide bonds. The first-order chi connectivity index (χ1) is 6.29. The number of ether oxygens (including phenoxy) is 1. The number of allylic oxidation sites excluding steroid dienone is 1. The van der Waals surface area contributed by atoms with Gasteiger partial charge < -0.3 is 4.74 Å². The van der Waals surface area contributed by atoms with E-state index in [-0.39, 0.29) is 0 Å². The van der Waals surface area contributed by atoms with Gasteiger partial charge in [0.2, 0.25) is 0 Å². The maximum Gasteiger partial charge on any atom is 0.122 e. The van der Waals surface area contributed by atoms with Gasteiger partial charge in [0, 0.05) is 0 Å². The lowest BCUT2D eigenvalue weighted by Crippen LogP contribution is -1.95. The van der Waals surface area contributed by atoms with Crippen molar-refractivity contribution in [1.29, 1.82) is 0 Å². The molecule has 0 saturated heterocycles. The third kappa shape index (κ3) is 2.35. The van der Waals surface area contributed by atoms with Crippen LogP contribution in [0.15, 0.2) is 36.9 Å². The molecule has 70 valence electrons. The Morgan fingerprint density at radius 1 is 1.46 bits per heavy atom. The van der Waals surface area contributed by atoms with Crippen molar-refractivity contribution in [2.45, 2.75) is 19.3 Å². The fourth-order valence-corrected chi connectivity index (χ4v) is 1.45. The second-order valence-electron chi connectivity index (χ2n) is 3.17.